The first-order valence-electron chi connectivity index (χ1n) is 5.93. The molecule has 0 saturated heterocycles. The topological polar surface area (TPSA) is 37.8 Å². The van der Waals surface area contributed by atoms with E-state index in [0.29, 0.717) is 0 Å². The number of hydrogen-bond donors (Lipinski definition) is 1. The normalized spacial score (nSPS) is 15.1. The van der Waals surface area contributed by atoms with Crippen molar-refractivity contribution in [3.05, 3.63) is 22.8 Å². The molecule has 0 fully saturated rings. The Bertz CT molecular complexity index is 347. The first-order chi connectivity index (χ1) is 7.35. The molecule has 3 heteroatoms. The van der Waals surface area contributed by atoms with E-state index in [-0.39, 0.29) is 0 Å². The minimum atomic E-state index is 0.942. The van der Waals surface area contributed by atoms with Crippen LogP contribution in [0, 0.1) is 0 Å². The molecule has 0 spiro atoms. The van der Waals surface area contributed by atoms with Crippen molar-refractivity contribution in [2.75, 3.05) is 6.54 Å². The lowest BCUT2D eigenvalue weighted by Gasteiger charge is -2.19. The number of hydrogen-bond acceptors (Lipinski definition) is 3. The largest absolute Gasteiger partial charge is 0.312 e. The fraction of sp³-hybridized carbons (Fsp3) is 0.667. The molecule has 2 rings (SSSR count). The van der Waals surface area contributed by atoms with E-state index in [2.05, 4.69) is 29.1 Å². The Balaban J connectivity index is 2.41. The molecule has 1 aliphatic rings. The molecule has 0 amide bonds. The van der Waals surface area contributed by atoms with Crippen LogP contribution < -0.4 is 5.32 Å². The lowest BCUT2D eigenvalue weighted by molar-refractivity contribution is 0.607. The minimum absolute atomic E-state index is 0.942. The average Bonchev–Trinajstić information content (AvgIpc) is 2.29. The molecule has 0 unspecified atom stereocenters. The number of aryl methyl sites for hydroxylation is 2. The number of rotatable bonds is 3. The smallest absolute Gasteiger partial charge is 0.128 e. The Morgan fingerprint density at radius 1 is 1.27 bits per heavy atom. The van der Waals surface area contributed by atoms with E-state index in [9.17, 15) is 0 Å². The first-order valence-corrected chi connectivity index (χ1v) is 5.93. The Labute approximate surface area is 91.3 Å². The third-order valence-corrected chi connectivity index (χ3v) is 2.87. The van der Waals surface area contributed by atoms with Gasteiger partial charge in [0.15, 0.2) is 0 Å². The van der Waals surface area contributed by atoms with Crippen LogP contribution in [0.5, 0.6) is 0 Å². The predicted octanol–water partition coefficient (Wildman–Crippen LogP) is 1.64. The summed E-state index contributed by atoms with van der Waals surface area (Å²) in [5.74, 6) is 1.01. The number of nitrogens with one attached hydrogen (secondary N) is 1. The first kappa shape index (κ1) is 10.6. The summed E-state index contributed by atoms with van der Waals surface area (Å²) in [5, 5.41) is 3.40. The van der Waals surface area contributed by atoms with E-state index in [1.54, 1.807) is 0 Å². The Kier molecular flexibility index (Phi) is 3.31. The molecule has 0 bridgehead atoms. The van der Waals surface area contributed by atoms with Gasteiger partial charge >= 0.3 is 0 Å². The predicted molar refractivity (Wildman–Crippen MR) is 60.8 cm³/mol. The fourth-order valence-corrected chi connectivity index (χ4v) is 2.07. The third-order valence-electron chi connectivity index (χ3n) is 2.87. The molecule has 82 valence electrons. The van der Waals surface area contributed by atoms with Gasteiger partial charge in [0.05, 0.1) is 5.69 Å². The maximum absolute atomic E-state index is 4.64. The lowest BCUT2D eigenvalue weighted by atomic mass is 10.0. The zero-order valence-electron chi connectivity index (χ0n) is 9.64. The van der Waals surface area contributed by atoms with E-state index < -0.39 is 0 Å². The van der Waals surface area contributed by atoms with Crippen molar-refractivity contribution < 1.29 is 0 Å². The second kappa shape index (κ2) is 4.71. The van der Waals surface area contributed by atoms with Gasteiger partial charge in [-0.25, -0.2) is 9.97 Å². The second-order valence-corrected chi connectivity index (χ2v) is 4.04. The van der Waals surface area contributed by atoms with Crippen molar-refractivity contribution >= 4 is 0 Å². The lowest BCUT2D eigenvalue weighted by Crippen LogP contribution is -2.27. The van der Waals surface area contributed by atoms with Crippen molar-refractivity contribution in [1.29, 1.82) is 0 Å². The van der Waals surface area contributed by atoms with Crippen LogP contribution in [0.25, 0.3) is 0 Å². The summed E-state index contributed by atoms with van der Waals surface area (Å²) in [5.41, 5.74) is 3.91. The molecule has 2 heterocycles. The van der Waals surface area contributed by atoms with Gasteiger partial charge in [0, 0.05) is 37.2 Å². The average molecular weight is 205 g/mol. The van der Waals surface area contributed by atoms with Crippen LogP contribution in [0.3, 0.4) is 0 Å². The van der Waals surface area contributed by atoms with Gasteiger partial charge in [-0.15, -0.1) is 0 Å². The molecule has 3 nitrogen and oxygen atoms in total. The quantitative estimate of drug-likeness (QED) is 0.815. The summed E-state index contributed by atoms with van der Waals surface area (Å²) in [6.07, 6.45) is 4.24. The minimum Gasteiger partial charge on any atom is -0.312 e. The Morgan fingerprint density at radius 3 is 2.87 bits per heavy atom. The van der Waals surface area contributed by atoms with Gasteiger partial charge in [-0.2, -0.15) is 0 Å². The van der Waals surface area contributed by atoms with Crippen molar-refractivity contribution in [1.82, 2.24) is 15.3 Å². The molecule has 1 N–H and O–H groups in total. The third kappa shape index (κ3) is 2.17. The molecule has 1 aliphatic heterocycles. The van der Waals surface area contributed by atoms with Crippen LogP contribution in [0.1, 0.15) is 43.0 Å². The van der Waals surface area contributed by atoms with Crippen molar-refractivity contribution in [3.8, 4) is 0 Å². The van der Waals surface area contributed by atoms with Crippen molar-refractivity contribution in [2.24, 2.45) is 0 Å². The van der Waals surface area contributed by atoms with Gasteiger partial charge in [-0.3, -0.25) is 0 Å². The Morgan fingerprint density at radius 2 is 2.13 bits per heavy atom. The highest BCUT2D eigenvalue weighted by atomic mass is 14.9. The summed E-state index contributed by atoms with van der Waals surface area (Å²) >= 11 is 0. The molecule has 0 aliphatic carbocycles. The number of aromatic nitrogens is 2. The van der Waals surface area contributed by atoms with Crippen LogP contribution >= 0.6 is 0 Å². The molecule has 1 aromatic rings. The van der Waals surface area contributed by atoms with E-state index in [0.717, 1.165) is 44.6 Å². The summed E-state index contributed by atoms with van der Waals surface area (Å²) in [6.45, 7) is 6.34. The van der Waals surface area contributed by atoms with Gasteiger partial charge in [0.2, 0.25) is 0 Å². The summed E-state index contributed by atoms with van der Waals surface area (Å²) in [7, 11) is 0. The molecule has 0 aromatic carbocycles. The molecule has 15 heavy (non-hydrogen) atoms. The second-order valence-electron chi connectivity index (χ2n) is 4.04. The number of nitrogens with zero attached hydrogens (tertiary/aromatic N) is 2. The molecule has 1 aromatic heterocycles. The SMILES string of the molecule is CCCc1nc(CC)nc2c1CNCC2. The summed E-state index contributed by atoms with van der Waals surface area (Å²) in [4.78, 5) is 9.27. The zero-order chi connectivity index (χ0) is 10.7. The highest BCUT2D eigenvalue weighted by Gasteiger charge is 2.16. The monoisotopic (exact) mass is 205 g/mol. The molecule has 0 saturated carbocycles. The molecular weight excluding hydrogens is 186 g/mol. The zero-order valence-corrected chi connectivity index (χ0v) is 9.64. The Hall–Kier alpha value is -0.960. The van der Waals surface area contributed by atoms with Crippen molar-refractivity contribution in [3.63, 3.8) is 0 Å². The van der Waals surface area contributed by atoms with E-state index >= 15 is 0 Å². The van der Waals surface area contributed by atoms with E-state index in [4.69, 9.17) is 0 Å². The van der Waals surface area contributed by atoms with Crippen LogP contribution in [0.2, 0.25) is 0 Å². The van der Waals surface area contributed by atoms with Gasteiger partial charge in [-0.1, -0.05) is 20.3 Å². The summed E-state index contributed by atoms with van der Waals surface area (Å²) in [6, 6.07) is 0. The molecule has 0 atom stereocenters. The maximum atomic E-state index is 4.64. The van der Waals surface area contributed by atoms with Gasteiger partial charge in [-0.05, 0) is 6.42 Å². The number of fused-ring (bicyclic) bond motifs is 1. The highest BCUT2D eigenvalue weighted by Crippen LogP contribution is 2.17. The van der Waals surface area contributed by atoms with Gasteiger partial charge in [0.1, 0.15) is 5.82 Å². The van der Waals surface area contributed by atoms with Gasteiger partial charge < -0.3 is 5.32 Å². The van der Waals surface area contributed by atoms with Gasteiger partial charge in [0.25, 0.3) is 0 Å². The molecule has 0 radical (unpaired) electrons. The van der Waals surface area contributed by atoms with Crippen LogP contribution in [0.15, 0.2) is 0 Å². The maximum Gasteiger partial charge on any atom is 0.128 e. The van der Waals surface area contributed by atoms with Crippen LogP contribution in [-0.2, 0) is 25.8 Å². The highest BCUT2D eigenvalue weighted by molar-refractivity contribution is 5.28. The van der Waals surface area contributed by atoms with Crippen molar-refractivity contribution in [2.45, 2.75) is 46.1 Å². The van der Waals surface area contributed by atoms with Crippen LogP contribution in [-0.4, -0.2) is 16.5 Å². The molecular formula is C12H19N3. The standard InChI is InChI=1S/C12H19N3/c1-3-5-10-9-8-13-7-6-11(9)15-12(4-2)14-10/h13H,3-8H2,1-2H3. The summed E-state index contributed by atoms with van der Waals surface area (Å²) < 4.78 is 0. The van der Waals surface area contributed by atoms with E-state index in [1.807, 2.05) is 0 Å². The fourth-order valence-electron chi connectivity index (χ4n) is 2.07. The van der Waals surface area contributed by atoms with Crippen LogP contribution in [0.4, 0.5) is 0 Å². The van der Waals surface area contributed by atoms with E-state index in [1.165, 1.54) is 17.0 Å².